The van der Waals surface area contributed by atoms with Crippen LogP contribution in [-0.4, -0.2) is 127 Å². The Hall–Kier alpha value is -2.83. The van der Waals surface area contributed by atoms with Gasteiger partial charge in [-0.25, -0.2) is 0 Å². The third kappa shape index (κ3) is 13.7. The van der Waals surface area contributed by atoms with E-state index in [-0.39, 0.29) is 44.3 Å². The molecule has 3 aliphatic rings. The van der Waals surface area contributed by atoms with Crippen molar-refractivity contribution < 1.29 is 69.1 Å². The zero-order chi connectivity index (χ0) is 40.0. The first-order chi connectivity index (χ1) is 25.6. The number of allylic oxidation sites excluding steroid dienone is 6. The van der Waals surface area contributed by atoms with Crippen molar-refractivity contribution in [1.29, 1.82) is 0 Å². The predicted octanol–water partition coefficient (Wildman–Crippen LogP) is 1.70. The first-order valence-corrected chi connectivity index (χ1v) is 19.1. The van der Waals surface area contributed by atoms with E-state index >= 15 is 0 Å². The number of aliphatic hydroxyl groups excluding tert-OH is 5. The summed E-state index contributed by atoms with van der Waals surface area (Å²) in [5.74, 6) is -6.81. The number of cyclic esters (lactones) is 1. The van der Waals surface area contributed by atoms with E-state index in [1.54, 1.807) is 56.4 Å². The van der Waals surface area contributed by atoms with Gasteiger partial charge in [-0.05, 0) is 32.6 Å². The largest absolute Gasteiger partial charge is 0.481 e. The van der Waals surface area contributed by atoms with E-state index < -0.39 is 110 Å². The van der Waals surface area contributed by atoms with Gasteiger partial charge in [0.2, 0.25) is 0 Å². The zero-order valence-electron chi connectivity index (χ0n) is 31.5. The van der Waals surface area contributed by atoms with Crippen LogP contribution in [0.15, 0.2) is 48.6 Å². The third-order valence-corrected chi connectivity index (χ3v) is 10.2. The third-order valence-electron chi connectivity index (χ3n) is 10.2. The number of fused-ring (bicyclic) bond motifs is 2. The van der Waals surface area contributed by atoms with Gasteiger partial charge >= 0.3 is 11.9 Å². The highest BCUT2D eigenvalue weighted by Gasteiger charge is 2.50. The Morgan fingerprint density at radius 1 is 0.981 bits per heavy atom. The number of carbonyl (C=O) groups excluding carboxylic acids is 2. The SMILES string of the molecule is CCC[C@@H]1C/C=C/C=C/C=C/C=C/[C@H](O[C@H]2O[C@@H](C)[C@H](O)[C@@H](N)[C@@H]2O)C[C@H]2O[C@@](O)(C[C@@H](O)CCCC(=O)C[C@H](O)[C@H](CC)C(=O)O1)C[C@H](O)[C@H]2C(=O)O. The van der Waals surface area contributed by atoms with Gasteiger partial charge in [0, 0.05) is 38.5 Å². The second-order valence-corrected chi connectivity index (χ2v) is 14.7. The zero-order valence-corrected chi connectivity index (χ0v) is 31.5. The molecule has 14 atom stereocenters. The lowest BCUT2D eigenvalue weighted by atomic mass is 9.83. The molecule has 0 amide bonds. The minimum Gasteiger partial charge on any atom is -0.481 e. The second-order valence-electron chi connectivity index (χ2n) is 14.7. The normalized spacial score (nSPS) is 42.3. The first-order valence-electron chi connectivity index (χ1n) is 19.1. The van der Waals surface area contributed by atoms with E-state index in [0.29, 0.717) is 12.8 Å². The van der Waals surface area contributed by atoms with Crippen molar-refractivity contribution in [3.05, 3.63) is 48.6 Å². The molecular weight excluding hydrogens is 706 g/mol. The topological polar surface area (TPSA) is 256 Å². The lowest BCUT2D eigenvalue weighted by molar-refractivity contribution is -0.308. The van der Waals surface area contributed by atoms with Crippen molar-refractivity contribution in [2.45, 2.75) is 164 Å². The van der Waals surface area contributed by atoms with Crippen LogP contribution >= 0.6 is 0 Å². The van der Waals surface area contributed by atoms with Crippen LogP contribution in [0.1, 0.15) is 91.4 Å². The van der Waals surface area contributed by atoms with Gasteiger partial charge in [0.05, 0.1) is 54.7 Å². The average molecular weight is 768 g/mol. The molecule has 3 aliphatic heterocycles. The number of carboxylic acids is 1. The predicted molar refractivity (Wildman–Crippen MR) is 195 cm³/mol. The molecule has 3 rings (SSSR count). The Morgan fingerprint density at radius 3 is 2.33 bits per heavy atom. The quantitative estimate of drug-likeness (QED) is 0.179. The summed E-state index contributed by atoms with van der Waals surface area (Å²) in [5.41, 5.74) is 6.00. The van der Waals surface area contributed by atoms with Crippen LogP contribution in [0.25, 0.3) is 0 Å². The molecule has 0 saturated carbocycles. The molecule has 2 fully saturated rings. The highest BCUT2D eigenvalue weighted by molar-refractivity contribution is 5.80. The van der Waals surface area contributed by atoms with Crippen molar-refractivity contribution in [3.8, 4) is 0 Å². The Bertz CT molecular complexity index is 1320. The number of carboxylic acid groups (broad SMARTS) is 1. The van der Waals surface area contributed by atoms with Crippen LogP contribution in [-0.2, 0) is 33.3 Å². The number of aliphatic hydroxyl groups is 6. The molecule has 0 radical (unpaired) electrons. The minimum atomic E-state index is -2.15. The lowest BCUT2D eigenvalue weighted by Crippen LogP contribution is -2.61. The molecule has 0 aromatic rings. The first kappa shape index (κ1) is 45.6. The van der Waals surface area contributed by atoms with Crippen LogP contribution in [0, 0.1) is 11.8 Å². The summed E-state index contributed by atoms with van der Waals surface area (Å²) in [5, 5.41) is 75.1. The summed E-state index contributed by atoms with van der Waals surface area (Å²) in [6.45, 7) is 5.27. The van der Waals surface area contributed by atoms with Gasteiger partial charge in [-0.3, -0.25) is 14.4 Å². The van der Waals surface area contributed by atoms with Crippen molar-refractivity contribution in [1.82, 2.24) is 0 Å². The van der Waals surface area contributed by atoms with Gasteiger partial charge in [0.15, 0.2) is 12.1 Å². The van der Waals surface area contributed by atoms with E-state index in [4.69, 9.17) is 24.7 Å². The lowest BCUT2D eigenvalue weighted by Gasteiger charge is -2.45. The van der Waals surface area contributed by atoms with Gasteiger partial charge in [0.1, 0.15) is 23.9 Å². The molecule has 9 N–H and O–H groups in total. The minimum absolute atomic E-state index is 0.0177. The number of hydrogen-bond acceptors (Lipinski definition) is 14. The summed E-state index contributed by atoms with van der Waals surface area (Å²) in [6.07, 6.45) is 2.99. The molecule has 54 heavy (non-hydrogen) atoms. The van der Waals surface area contributed by atoms with E-state index in [9.17, 15) is 50.1 Å². The Kier molecular flexibility index (Phi) is 18.6. The molecule has 0 unspecified atom stereocenters. The van der Waals surface area contributed by atoms with E-state index in [0.717, 1.165) is 6.42 Å². The van der Waals surface area contributed by atoms with Crippen LogP contribution in [0.5, 0.6) is 0 Å². The monoisotopic (exact) mass is 767 g/mol. The van der Waals surface area contributed by atoms with Gasteiger partial charge in [-0.1, -0.05) is 68.9 Å². The standard InChI is InChI=1S/C39H61NO14/c1-4-14-26-17-11-9-7-6-8-10-12-18-27(53-38-35(46)33(40)34(45)23(3)51-38)20-31-32(36(47)48)30(44)22-39(50,54-31)21-25(42)16-13-15-24(41)19-29(43)28(5-2)37(49)52-26/h6-12,18,23,25-35,38,42-46,50H,4-5,13-17,19-22,40H2,1-3H3,(H,47,48)/b7-6+,10-8+,11-9+,18-12+/t23-,25-,26+,27-,28-,29-,30-,31+,32+,33+,34-,35-,38+,39-/m0/s1. The molecular formula is C39H61NO14. The molecule has 0 aromatic carbocycles. The van der Waals surface area contributed by atoms with Gasteiger partial charge in [-0.15, -0.1) is 0 Å². The number of rotatable bonds is 6. The summed E-state index contributed by atoms with van der Waals surface area (Å²) in [4.78, 5) is 38.2. The number of carbonyl (C=O) groups is 3. The second kappa shape index (κ2) is 22.0. The number of aliphatic carboxylic acids is 1. The van der Waals surface area contributed by atoms with E-state index in [2.05, 4.69) is 0 Å². The average Bonchev–Trinajstić information content (AvgIpc) is 3.08. The van der Waals surface area contributed by atoms with E-state index in [1.807, 2.05) is 13.0 Å². The molecule has 15 nitrogen and oxygen atoms in total. The summed E-state index contributed by atoms with van der Waals surface area (Å²) < 4.78 is 23.4. The summed E-state index contributed by atoms with van der Waals surface area (Å²) in [6, 6.07) is -1.10. The molecule has 0 aliphatic carbocycles. The highest BCUT2D eigenvalue weighted by atomic mass is 16.7. The fraction of sp³-hybridized carbons (Fsp3) is 0.718. The fourth-order valence-corrected chi connectivity index (χ4v) is 7.15. The van der Waals surface area contributed by atoms with E-state index in [1.165, 1.54) is 0 Å². The molecule has 2 bridgehead atoms. The Labute approximate surface area is 317 Å². The molecule has 0 spiro atoms. The smallest absolute Gasteiger partial charge is 0.311 e. The Morgan fingerprint density at radius 2 is 1.67 bits per heavy atom. The maximum absolute atomic E-state index is 13.0. The summed E-state index contributed by atoms with van der Waals surface area (Å²) in [7, 11) is 0. The molecule has 2 saturated heterocycles. The van der Waals surface area contributed by atoms with Gasteiger partial charge in [0.25, 0.3) is 0 Å². The van der Waals surface area contributed by atoms with Gasteiger partial charge < -0.3 is 60.4 Å². The molecule has 3 heterocycles. The fourth-order valence-electron chi connectivity index (χ4n) is 7.15. The molecule has 0 aromatic heterocycles. The summed E-state index contributed by atoms with van der Waals surface area (Å²) >= 11 is 0. The number of ether oxygens (including phenoxy) is 4. The molecule has 15 heteroatoms. The highest BCUT2D eigenvalue weighted by Crippen LogP contribution is 2.38. The van der Waals surface area contributed by atoms with Gasteiger partial charge in [-0.2, -0.15) is 0 Å². The van der Waals surface area contributed by atoms with Crippen LogP contribution < -0.4 is 5.73 Å². The van der Waals surface area contributed by atoms with Crippen LogP contribution in [0.4, 0.5) is 0 Å². The van der Waals surface area contributed by atoms with Crippen molar-refractivity contribution in [2.75, 3.05) is 0 Å². The van der Waals surface area contributed by atoms with Crippen molar-refractivity contribution in [2.24, 2.45) is 17.6 Å². The van der Waals surface area contributed by atoms with Crippen molar-refractivity contribution in [3.63, 3.8) is 0 Å². The Balaban J connectivity index is 1.90. The number of ketones is 1. The van der Waals surface area contributed by atoms with Crippen LogP contribution in [0.3, 0.4) is 0 Å². The van der Waals surface area contributed by atoms with Crippen LogP contribution in [0.2, 0.25) is 0 Å². The number of esters is 1. The number of hydrogen-bond donors (Lipinski definition) is 8. The molecule has 306 valence electrons. The maximum atomic E-state index is 13.0. The maximum Gasteiger partial charge on any atom is 0.311 e. The van der Waals surface area contributed by atoms with Crippen molar-refractivity contribution >= 4 is 17.7 Å². The number of Topliss-reactive ketones (excluding diaryl/α,β-unsaturated/α-hetero) is 1. The number of nitrogens with two attached hydrogens (primary N) is 1.